The van der Waals surface area contributed by atoms with E-state index in [1.807, 2.05) is 0 Å². The number of amides is 1. The SMILES string of the molecule is O=C(NCCNS(=O)(=O)c1ccc(F)cc1F)C1CC1. The predicted octanol–water partition coefficient (Wildman–Crippen LogP) is 0.769. The van der Waals surface area contributed by atoms with Crippen molar-refractivity contribution < 1.29 is 22.0 Å². The van der Waals surface area contributed by atoms with Crippen LogP contribution >= 0.6 is 0 Å². The van der Waals surface area contributed by atoms with E-state index < -0.39 is 26.6 Å². The highest BCUT2D eigenvalue weighted by Crippen LogP contribution is 2.28. The van der Waals surface area contributed by atoms with Crippen molar-refractivity contribution in [2.45, 2.75) is 17.7 Å². The minimum absolute atomic E-state index is 0.0427. The van der Waals surface area contributed by atoms with E-state index in [0.717, 1.165) is 25.0 Å². The maximum absolute atomic E-state index is 13.4. The molecule has 2 N–H and O–H groups in total. The minimum atomic E-state index is -4.05. The largest absolute Gasteiger partial charge is 0.355 e. The summed E-state index contributed by atoms with van der Waals surface area (Å²) in [5, 5.41) is 2.57. The molecule has 1 aromatic rings. The highest BCUT2D eigenvalue weighted by Gasteiger charge is 2.29. The molecule has 0 heterocycles. The van der Waals surface area contributed by atoms with Crippen molar-refractivity contribution >= 4 is 15.9 Å². The molecule has 2 rings (SSSR count). The van der Waals surface area contributed by atoms with Gasteiger partial charge in [-0.15, -0.1) is 0 Å². The first-order valence-electron chi connectivity index (χ1n) is 6.12. The van der Waals surface area contributed by atoms with E-state index >= 15 is 0 Å². The van der Waals surface area contributed by atoms with Crippen LogP contribution in [0.3, 0.4) is 0 Å². The monoisotopic (exact) mass is 304 g/mol. The first-order chi connectivity index (χ1) is 9.40. The van der Waals surface area contributed by atoms with Crippen LogP contribution in [-0.4, -0.2) is 27.4 Å². The van der Waals surface area contributed by atoms with Crippen molar-refractivity contribution in [1.29, 1.82) is 0 Å². The van der Waals surface area contributed by atoms with Crippen molar-refractivity contribution in [2.75, 3.05) is 13.1 Å². The summed E-state index contributed by atoms with van der Waals surface area (Å²) in [6, 6.07) is 2.23. The molecular weight excluding hydrogens is 290 g/mol. The van der Waals surface area contributed by atoms with Crippen LogP contribution in [0.4, 0.5) is 8.78 Å². The van der Waals surface area contributed by atoms with Crippen LogP contribution in [0, 0.1) is 17.6 Å². The topological polar surface area (TPSA) is 75.3 Å². The van der Waals surface area contributed by atoms with Crippen LogP contribution in [0.1, 0.15) is 12.8 Å². The smallest absolute Gasteiger partial charge is 0.243 e. The summed E-state index contributed by atoms with van der Waals surface area (Å²) in [7, 11) is -4.05. The van der Waals surface area contributed by atoms with Gasteiger partial charge in [0, 0.05) is 25.1 Å². The van der Waals surface area contributed by atoms with Crippen LogP contribution in [0.5, 0.6) is 0 Å². The van der Waals surface area contributed by atoms with Crippen molar-refractivity contribution in [3.05, 3.63) is 29.8 Å². The van der Waals surface area contributed by atoms with Gasteiger partial charge >= 0.3 is 0 Å². The molecule has 8 heteroatoms. The number of sulfonamides is 1. The zero-order valence-electron chi connectivity index (χ0n) is 10.5. The van der Waals surface area contributed by atoms with E-state index in [-0.39, 0.29) is 24.9 Å². The first kappa shape index (κ1) is 14.9. The summed E-state index contributed by atoms with van der Waals surface area (Å²) < 4.78 is 51.8. The van der Waals surface area contributed by atoms with Crippen molar-refractivity contribution in [3.8, 4) is 0 Å². The number of carbonyl (C=O) groups is 1. The number of halogens is 2. The molecule has 0 aliphatic heterocycles. The molecule has 1 saturated carbocycles. The standard InChI is InChI=1S/C12H14F2N2O3S/c13-9-3-4-11(10(14)7-9)20(18,19)16-6-5-15-12(17)8-1-2-8/h3-4,7-8,16H,1-2,5-6H2,(H,15,17). The van der Waals surface area contributed by atoms with Gasteiger partial charge < -0.3 is 5.32 Å². The Morgan fingerprint density at radius 1 is 1.25 bits per heavy atom. The van der Waals surface area contributed by atoms with Crippen molar-refractivity contribution in [3.63, 3.8) is 0 Å². The molecule has 1 aliphatic carbocycles. The van der Waals surface area contributed by atoms with Crippen LogP contribution < -0.4 is 10.0 Å². The molecule has 110 valence electrons. The van der Waals surface area contributed by atoms with E-state index in [0.29, 0.717) is 6.07 Å². The summed E-state index contributed by atoms with van der Waals surface area (Å²) in [6.07, 6.45) is 1.72. The molecule has 1 aliphatic rings. The molecule has 5 nitrogen and oxygen atoms in total. The summed E-state index contributed by atoms with van der Waals surface area (Å²) >= 11 is 0. The fraction of sp³-hybridized carbons (Fsp3) is 0.417. The zero-order chi connectivity index (χ0) is 14.8. The molecule has 0 bridgehead atoms. The Bertz CT molecular complexity index is 615. The lowest BCUT2D eigenvalue weighted by Crippen LogP contribution is -2.35. The maximum atomic E-state index is 13.4. The van der Waals surface area contributed by atoms with E-state index in [1.165, 1.54) is 0 Å². The Kier molecular flexibility index (Phi) is 4.34. The molecule has 0 saturated heterocycles. The van der Waals surface area contributed by atoms with Crippen LogP contribution in [-0.2, 0) is 14.8 Å². The number of hydrogen-bond donors (Lipinski definition) is 2. The Morgan fingerprint density at radius 3 is 2.55 bits per heavy atom. The van der Waals surface area contributed by atoms with Gasteiger partial charge in [-0.05, 0) is 25.0 Å². The second-order valence-corrected chi connectivity index (χ2v) is 6.27. The molecule has 0 aromatic heterocycles. The van der Waals surface area contributed by atoms with Crippen LogP contribution in [0.15, 0.2) is 23.1 Å². The normalized spacial score (nSPS) is 15.1. The Hall–Kier alpha value is -1.54. The van der Waals surface area contributed by atoms with E-state index in [9.17, 15) is 22.0 Å². The Morgan fingerprint density at radius 2 is 1.95 bits per heavy atom. The fourth-order valence-electron chi connectivity index (χ4n) is 1.63. The number of hydrogen-bond acceptors (Lipinski definition) is 3. The fourth-order valence-corrected chi connectivity index (χ4v) is 2.72. The van der Waals surface area contributed by atoms with Gasteiger partial charge in [-0.25, -0.2) is 21.9 Å². The van der Waals surface area contributed by atoms with E-state index in [4.69, 9.17) is 0 Å². The third-order valence-corrected chi connectivity index (χ3v) is 4.34. The van der Waals surface area contributed by atoms with Gasteiger partial charge in [0.15, 0.2) is 0 Å². The highest BCUT2D eigenvalue weighted by atomic mass is 32.2. The van der Waals surface area contributed by atoms with Gasteiger partial charge in [0.1, 0.15) is 16.5 Å². The lowest BCUT2D eigenvalue weighted by Gasteiger charge is -2.08. The molecular formula is C12H14F2N2O3S. The Balaban J connectivity index is 1.88. The lowest BCUT2D eigenvalue weighted by atomic mass is 10.3. The average molecular weight is 304 g/mol. The van der Waals surface area contributed by atoms with Crippen molar-refractivity contribution in [2.24, 2.45) is 5.92 Å². The first-order valence-corrected chi connectivity index (χ1v) is 7.61. The van der Waals surface area contributed by atoms with Gasteiger partial charge in [0.25, 0.3) is 0 Å². The summed E-state index contributed by atoms with van der Waals surface area (Å²) in [6.45, 7) is 0.0645. The van der Waals surface area contributed by atoms with Crippen molar-refractivity contribution in [1.82, 2.24) is 10.0 Å². The second kappa shape index (κ2) is 5.84. The summed E-state index contributed by atoms with van der Waals surface area (Å²) in [4.78, 5) is 10.7. The number of benzene rings is 1. The van der Waals surface area contributed by atoms with Gasteiger partial charge in [-0.3, -0.25) is 4.79 Å². The quantitative estimate of drug-likeness (QED) is 0.762. The highest BCUT2D eigenvalue weighted by molar-refractivity contribution is 7.89. The molecule has 0 radical (unpaired) electrons. The Labute approximate surface area is 115 Å². The third kappa shape index (κ3) is 3.73. The molecule has 1 amide bonds. The maximum Gasteiger partial charge on any atom is 0.243 e. The minimum Gasteiger partial charge on any atom is -0.355 e. The van der Waals surface area contributed by atoms with Gasteiger partial charge in [-0.2, -0.15) is 0 Å². The number of nitrogens with one attached hydrogen (secondary N) is 2. The van der Waals surface area contributed by atoms with Gasteiger partial charge in [0.2, 0.25) is 15.9 Å². The summed E-state index contributed by atoms with van der Waals surface area (Å²) in [5.41, 5.74) is 0. The zero-order valence-corrected chi connectivity index (χ0v) is 11.3. The van der Waals surface area contributed by atoms with E-state index in [1.54, 1.807) is 0 Å². The predicted molar refractivity (Wildman–Crippen MR) is 67.3 cm³/mol. The third-order valence-electron chi connectivity index (χ3n) is 2.85. The number of carbonyl (C=O) groups excluding carboxylic acids is 1. The van der Waals surface area contributed by atoms with Crippen LogP contribution in [0.25, 0.3) is 0 Å². The molecule has 20 heavy (non-hydrogen) atoms. The lowest BCUT2D eigenvalue weighted by molar-refractivity contribution is -0.122. The molecule has 0 spiro atoms. The van der Waals surface area contributed by atoms with Gasteiger partial charge in [0.05, 0.1) is 0 Å². The molecule has 1 aromatic carbocycles. The number of rotatable bonds is 6. The van der Waals surface area contributed by atoms with E-state index in [2.05, 4.69) is 10.0 Å². The van der Waals surface area contributed by atoms with Crippen LogP contribution in [0.2, 0.25) is 0 Å². The second-order valence-electron chi connectivity index (χ2n) is 4.54. The molecule has 0 atom stereocenters. The summed E-state index contributed by atoms with van der Waals surface area (Å²) in [5.74, 6) is -2.06. The molecule has 1 fully saturated rings. The average Bonchev–Trinajstić information content (AvgIpc) is 3.18. The van der Waals surface area contributed by atoms with Gasteiger partial charge in [-0.1, -0.05) is 0 Å². The molecule has 0 unspecified atom stereocenters.